The molecule has 0 atom stereocenters. The SMILES string of the molecule is CCCC(=O)OCCOCCOCCOCCOCCOCCOCCOCCNC. The zero-order valence-corrected chi connectivity index (χ0v) is 19.4. The van der Waals surface area contributed by atoms with Gasteiger partial charge in [0, 0.05) is 13.0 Å². The molecule has 31 heavy (non-hydrogen) atoms. The summed E-state index contributed by atoms with van der Waals surface area (Å²) in [6.07, 6.45) is 1.24. The van der Waals surface area contributed by atoms with Crippen molar-refractivity contribution < 1.29 is 42.7 Å². The maximum absolute atomic E-state index is 11.1. The van der Waals surface area contributed by atoms with Gasteiger partial charge in [-0.3, -0.25) is 4.79 Å². The van der Waals surface area contributed by atoms with Crippen molar-refractivity contribution >= 4 is 5.97 Å². The molecule has 0 unspecified atom stereocenters. The lowest BCUT2D eigenvalue weighted by Gasteiger charge is -2.08. The van der Waals surface area contributed by atoms with Crippen molar-refractivity contribution in [3.63, 3.8) is 0 Å². The number of esters is 1. The normalized spacial score (nSPS) is 11.2. The van der Waals surface area contributed by atoms with Crippen LogP contribution in [0.2, 0.25) is 0 Å². The molecule has 0 rings (SSSR count). The number of ether oxygens (including phenoxy) is 8. The molecule has 0 radical (unpaired) electrons. The van der Waals surface area contributed by atoms with E-state index in [2.05, 4.69) is 5.32 Å². The highest BCUT2D eigenvalue weighted by Crippen LogP contribution is 1.91. The van der Waals surface area contributed by atoms with Crippen LogP contribution in [0.25, 0.3) is 0 Å². The summed E-state index contributed by atoms with van der Waals surface area (Å²) in [7, 11) is 1.89. The highest BCUT2D eigenvalue weighted by molar-refractivity contribution is 5.69. The third-order valence-electron chi connectivity index (χ3n) is 3.67. The van der Waals surface area contributed by atoms with Gasteiger partial charge in [-0.2, -0.15) is 0 Å². The summed E-state index contributed by atoms with van der Waals surface area (Å²) in [6, 6.07) is 0. The number of likely N-dealkylation sites (N-methyl/N-ethyl adjacent to an activating group) is 1. The first kappa shape index (κ1) is 30.1. The van der Waals surface area contributed by atoms with Gasteiger partial charge in [0.05, 0.1) is 92.5 Å². The first-order chi connectivity index (χ1) is 15.3. The quantitative estimate of drug-likeness (QED) is 0.148. The Morgan fingerprint density at radius 1 is 0.548 bits per heavy atom. The number of hydrogen-bond acceptors (Lipinski definition) is 10. The number of hydrogen-bond donors (Lipinski definition) is 1. The van der Waals surface area contributed by atoms with E-state index in [1.165, 1.54) is 0 Å². The van der Waals surface area contributed by atoms with E-state index in [4.69, 9.17) is 37.9 Å². The predicted molar refractivity (Wildman–Crippen MR) is 116 cm³/mol. The second-order valence-corrected chi connectivity index (χ2v) is 6.36. The summed E-state index contributed by atoms with van der Waals surface area (Å²) >= 11 is 0. The number of nitrogens with one attached hydrogen (secondary N) is 1. The van der Waals surface area contributed by atoms with E-state index < -0.39 is 0 Å². The van der Waals surface area contributed by atoms with E-state index >= 15 is 0 Å². The van der Waals surface area contributed by atoms with Gasteiger partial charge in [-0.05, 0) is 13.5 Å². The van der Waals surface area contributed by atoms with E-state index in [1.54, 1.807) is 0 Å². The second kappa shape index (κ2) is 27.2. The third-order valence-corrected chi connectivity index (χ3v) is 3.67. The molecule has 0 fully saturated rings. The molecule has 0 aromatic rings. The molecule has 0 aromatic heterocycles. The molecule has 0 bridgehead atoms. The Kier molecular flexibility index (Phi) is 26.4. The van der Waals surface area contributed by atoms with Gasteiger partial charge in [0.15, 0.2) is 0 Å². The maximum Gasteiger partial charge on any atom is 0.305 e. The molecule has 0 spiro atoms. The average molecular weight is 454 g/mol. The van der Waals surface area contributed by atoms with Crippen LogP contribution in [0, 0.1) is 0 Å². The van der Waals surface area contributed by atoms with Crippen LogP contribution >= 0.6 is 0 Å². The summed E-state index contributed by atoms with van der Waals surface area (Å²) in [4.78, 5) is 11.1. The van der Waals surface area contributed by atoms with Crippen molar-refractivity contribution in [2.24, 2.45) is 0 Å². The number of carbonyl (C=O) groups is 1. The van der Waals surface area contributed by atoms with Crippen LogP contribution in [0.4, 0.5) is 0 Å². The minimum Gasteiger partial charge on any atom is -0.463 e. The Balaban J connectivity index is 3.03. The Morgan fingerprint density at radius 2 is 0.871 bits per heavy atom. The molecule has 1 N–H and O–H groups in total. The van der Waals surface area contributed by atoms with Crippen molar-refractivity contribution in [2.45, 2.75) is 19.8 Å². The van der Waals surface area contributed by atoms with Gasteiger partial charge in [-0.15, -0.1) is 0 Å². The van der Waals surface area contributed by atoms with Crippen LogP contribution in [0.3, 0.4) is 0 Å². The summed E-state index contributed by atoms with van der Waals surface area (Å²) in [6.45, 7) is 10.4. The lowest BCUT2D eigenvalue weighted by molar-refractivity contribution is -0.145. The van der Waals surface area contributed by atoms with Gasteiger partial charge < -0.3 is 43.2 Å². The van der Waals surface area contributed by atoms with Crippen LogP contribution in [0.15, 0.2) is 0 Å². The molecule has 10 heteroatoms. The largest absolute Gasteiger partial charge is 0.463 e. The molecule has 0 aliphatic rings. The monoisotopic (exact) mass is 453 g/mol. The summed E-state index contributed by atoms with van der Waals surface area (Å²) in [5.74, 6) is -0.182. The summed E-state index contributed by atoms with van der Waals surface area (Å²) in [5, 5.41) is 3.01. The van der Waals surface area contributed by atoms with Crippen LogP contribution in [0.5, 0.6) is 0 Å². The van der Waals surface area contributed by atoms with Gasteiger partial charge in [-0.25, -0.2) is 0 Å². The van der Waals surface area contributed by atoms with Gasteiger partial charge >= 0.3 is 5.97 Å². The third kappa shape index (κ3) is 27.1. The summed E-state index contributed by atoms with van der Waals surface area (Å²) < 4.78 is 42.6. The maximum atomic E-state index is 11.1. The Bertz CT molecular complexity index is 362. The smallest absolute Gasteiger partial charge is 0.305 e. The molecule has 10 nitrogen and oxygen atoms in total. The first-order valence-corrected chi connectivity index (χ1v) is 11.2. The molecule has 0 heterocycles. The highest BCUT2D eigenvalue weighted by atomic mass is 16.6. The molecular weight excluding hydrogens is 410 g/mol. The topological polar surface area (TPSA) is 103 Å². The molecule has 0 aliphatic carbocycles. The predicted octanol–water partition coefficient (Wildman–Crippen LogP) is 0.665. The van der Waals surface area contributed by atoms with E-state index in [0.29, 0.717) is 98.9 Å². The minimum absolute atomic E-state index is 0.182. The Hall–Kier alpha value is -0.850. The van der Waals surface area contributed by atoms with E-state index in [9.17, 15) is 4.79 Å². The van der Waals surface area contributed by atoms with Crippen molar-refractivity contribution in [1.82, 2.24) is 5.32 Å². The number of rotatable bonds is 26. The van der Waals surface area contributed by atoms with E-state index in [-0.39, 0.29) is 12.6 Å². The first-order valence-electron chi connectivity index (χ1n) is 11.2. The molecule has 0 aliphatic heterocycles. The van der Waals surface area contributed by atoms with E-state index in [0.717, 1.165) is 13.0 Å². The van der Waals surface area contributed by atoms with Crippen LogP contribution < -0.4 is 5.32 Å². The highest BCUT2D eigenvalue weighted by Gasteiger charge is 1.99. The molecular formula is C21H43NO9. The van der Waals surface area contributed by atoms with Crippen LogP contribution in [-0.2, 0) is 42.7 Å². The van der Waals surface area contributed by atoms with Gasteiger partial charge in [0.1, 0.15) is 6.61 Å². The van der Waals surface area contributed by atoms with Crippen molar-refractivity contribution in [1.29, 1.82) is 0 Å². The second-order valence-electron chi connectivity index (χ2n) is 6.36. The molecule has 0 amide bonds. The van der Waals surface area contributed by atoms with Crippen LogP contribution in [-0.4, -0.2) is 119 Å². The zero-order valence-electron chi connectivity index (χ0n) is 19.4. The Morgan fingerprint density at radius 3 is 1.19 bits per heavy atom. The molecule has 0 saturated heterocycles. The minimum atomic E-state index is -0.182. The van der Waals surface area contributed by atoms with Crippen molar-refractivity contribution in [3.05, 3.63) is 0 Å². The number of carbonyl (C=O) groups excluding carboxylic acids is 1. The fraction of sp³-hybridized carbons (Fsp3) is 0.952. The van der Waals surface area contributed by atoms with Crippen molar-refractivity contribution in [2.75, 3.05) is 113 Å². The Labute approximate surface area is 187 Å². The average Bonchev–Trinajstić information content (AvgIpc) is 2.77. The molecule has 186 valence electrons. The fourth-order valence-corrected chi connectivity index (χ4v) is 2.09. The molecule has 0 aromatic carbocycles. The van der Waals surface area contributed by atoms with Crippen LogP contribution in [0.1, 0.15) is 19.8 Å². The lowest BCUT2D eigenvalue weighted by Crippen LogP contribution is -2.17. The molecule has 0 saturated carbocycles. The van der Waals surface area contributed by atoms with E-state index in [1.807, 2.05) is 14.0 Å². The fourth-order valence-electron chi connectivity index (χ4n) is 2.09. The lowest BCUT2D eigenvalue weighted by atomic mass is 10.3. The van der Waals surface area contributed by atoms with Gasteiger partial charge in [0.25, 0.3) is 0 Å². The standard InChI is InChI=1S/C21H43NO9/c1-3-4-21(23)31-20-19-30-18-17-29-16-15-28-14-13-27-12-11-26-10-9-25-8-7-24-6-5-22-2/h22H,3-20H2,1-2H3. The van der Waals surface area contributed by atoms with Gasteiger partial charge in [-0.1, -0.05) is 6.92 Å². The van der Waals surface area contributed by atoms with Gasteiger partial charge in [0.2, 0.25) is 0 Å². The zero-order chi connectivity index (χ0) is 22.7. The van der Waals surface area contributed by atoms with Crippen molar-refractivity contribution in [3.8, 4) is 0 Å². The summed E-state index contributed by atoms with van der Waals surface area (Å²) in [5.41, 5.74) is 0.